The van der Waals surface area contributed by atoms with Gasteiger partial charge in [0.05, 0.1) is 12.5 Å². The number of carboxylic acids is 1. The molecule has 69 heavy (non-hydrogen) atoms. The van der Waals surface area contributed by atoms with Gasteiger partial charge in [-0.25, -0.2) is 9.59 Å². The lowest BCUT2D eigenvalue weighted by Crippen LogP contribution is -2.59. The molecule has 0 bridgehead atoms. The van der Waals surface area contributed by atoms with Gasteiger partial charge in [0.1, 0.15) is 11.6 Å². The van der Waals surface area contributed by atoms with Crippen LogP contribution in [0.15, 0.2) is 91.0 Å². The second-order valence-electron chi connectivity index (χ2n) is 14.6. The van der Waals surface area contributed by atoms with Gasteiger partial charge in [-0.2, -0.15) is 0 Å². The van der Waals surface area contributed by atoms with Crippen molar-refractivity contribution in [1.29, 1.82) is 0 Å². The second kappa shape index (κ2) is 30.6. The number of esters is 1. The van der Waals surface area contributed by atoms with E-state index in [9.17, 15) is 52.7 Å². The van der Waals surface area contributed by atoms with Crippen molar-refractivity contribution in [2.45, 2.75) is 31.1 Å². The molecule has 1 unspecified atom stereocenters. The number of carbonyl (C=O) groups excluding carboxylic acids is 10. The van der Waals surface area contributed by atoms with Gasteiger partial charge >= 0.3 is 53.5 Å². The zero-order chi connectivity index (χ0) is 50.4. The molecule has 11 N–H and O–H groups in total. The van der Waals surface area contributed by atoms with E-state index in [2.05, 4.69) is 42.0 Å². The normalized spacial score (nSPS) is 11.7. The Morgan fingerprint density at radius 3 is 1.28 bits per heavy atom. The van der Waals surface area contributed by atoms with Crippen LogP contribution >= 0.6 is 0 Å². The van der Waals surface area contributed by atoms with Gasteiger partial charge in [-0.05, 0) is 23.6 Å². The minimum atomic E-state index is -1.93. The highest BCUT2D eigenvalue weighted by atomic mass is 16.6. The molecule has 0 fully saturated rings. The van der Waals surface area contributed by atoms with E-state index in [-0.39, 0.29) is 13.0 Å². The largest absolute Gasteiger partial charge is 0.481 e. The van der Waals surface area contributed by atoms with Crippen LogP contribution in [0.3, 0.4) is 0 Å². The monoisotopic (exact) mass is 960 g/mol. The number of nitrogens with one attached hydrogen (secondary N) is 10. The van der Waals surface area contributed by atoms with Gasteiger partial charge in [0.15, 0.2) is 0 Å². The van der Waals surface area contributed by atoms with Crippen molar-refractivity contribution >= 4 is 65.7 Å². The third-order valence-electron chi connectivity index (χ3n) is 9.55. The number of imide groups is 3. The number of alkyl carbamates (subject to hydrolysis) is 1. The topological polar surface area (TPSA) is 347 Å². The number of carboxylic acid groups (broad SMARTS) is 1. The molecule has 3 rings (SSSR count). The molecule has 0 heterocycles. The third-order valence-corrected chi connectivity index (χ3v) is 9.55. The molecule has 370 valence electrons. The summed E-state index contributed by atoms with van der Waals surface area (Å²) in [5.74, 6) is -14.4. The Labute approximate surface area is 396 Å². The molecule has 2 atom stereocenters. The van der Waals surface area contributed by atoms with E-state index in [1.807, 2.05) is 54.6 Å². The maximum absolute atomic E-state index is 14.0. The number of carbonyl (C=O) groups is 11. The average molecular weight is 961 g/mol. The Morgan fingerprint density at radius 1 is 0.522 bits per heavy atom. The highest BCUT2D eigenvalue weighted by molar-refractivity contribution is 6.50. The lowest BCUT2D eigenvalue weighted by molar-refractivity contribution is -0.149. The summed E-state index contributed by atoms with van der Waals surface area (Å²) >= 11 is 0. The van der Waals surface area contributed by atoms with E-state index < -0.39 is 83.4 Å². The second-order valence-corrected chi connectivity index (χ2v) is 14.6. The fourth-order valence-electron chi connectivity index (χ4n) is 6.31. The van der Waals surface area contributed by atoms with Gasteiger partial charge < -0.3 is 51.8 Å². The minimum Gasteiger partial charge on any atom is -0.481 e. The molecule has 0 aliphatic carbocycles. The molecular weight excluding hydrogens is 905 g/mol. The number of hydrogen-bond acceptors (Lipinski definition) is 18. The van der Waals surface area contributed by atoms with E-state index in [0.29, 0.717) is 62.5 Å². The van der Waals surface area contributed by atoms with Crippen LogP contribution in [0.1, 0.15) is 30.0 Å². The summed E-state index contributed by atoms with van der Waals surface area (Å²) in [6.07, 6.45) is -3.44. The number of benzene rings is 3. The standard InChI is InChI=1S/C45H56N10O14/c1-30(69-45(31-11-5-2-6-12-31,32-13-7-3-8-14-32)33-15-9-4-10-16-33)36(37(60)51-28-27-50-26-25-49-24-23-48-22-21-47-20-19-46-18-17-34(57)58)52-38(61)39(62)53-40(63)41(64)54-42(65)43(66)55-44(67)68-35(59)29-56/h2-16,29-30,36,46-50H,17-28H2,1H3,(H,51,60)(H,52,61)(H,57,58)(H,53,62,63)(H,54,64,65)(H,55,66,67)/t30-,36?/m1/s1. The van der Waals surface area contributed by atoms with Crippen LogP contribution < -0.4 is 53.2 Å². The number of aliphatic carboxylic acids is 1. The zero-order valence-corrected chi connectivity index (χ0v) is 37.6. The van der Waals surface area contributed by atoms with Gasteiger partial charge in [0, 0.05) is 72.0 Å². The number of amides is 8. The van der Waals surface area contributed by atoms with Crippen molar-refractivity contribution in [2.75, 3.05) is 72.0 Å². The van der Waals surface area contributed by atoms with E-state index in [4.69, 9.17) is 9.84 Å². The third kappa shape index (κ3) is 19.6. The Kier molecular flexibility index (Phi) is 24.7. The van der Waals surface area contributed by atoms with Crippen LogP contribution in [-0.2, 0) is 63.0 Å². The maximum Gasteiger partial charge on any atom is 0.422 e. The molecule has 3 aromatic rings. The highest BCUT2D eigenvalue weighted by Gasteiger charge is 2.42. The average Bonchev–Trinajstić information content (AvgIpc) is 3.34. The molecule has 0 radical (unpaired) electrons. The zero-order valence-electron chi connectivity index (χ0n) is 37.6. The van der Waals surface area contributed by atoms with E-state index in [1.54, 1.807) is 36.4 Å². The minimum absolute atomic E-state index is 0.0559. The number of aldehydes is 1. The molecule has 0 aromatic heterocycles. The fraction of sp³-hybridized carbons (Fsp3) is 0.356. The molecule has 0 aliphatic heterocycles. The Balaban J connectivity index is 1.66. The maximum atomic E-state index is 14.0. The van der Waals surface area contributed by atoms with Crippen LogP contribution in [0, 0.1) is 0 Å². The molecule has 0 saturated heterocycles. The van der Waals surface area contributed by atoms with Crippen molar-refractivity contribution in [3.05, 3.63) is 108 Å². The molecule has 0 aliphatic rings. The molecule has 24 nitrogen and oxygen atoms in total. The lowest BCUT2D eigenvalue weighted by Gasteiger charge is -2.40. The number of hydrogen-bond donors (Lipinski definition) is 11. The van der Waals surface area contributed by atoms with Crippen molar-refractivity contribution in [2.24, 2.45) is 0 Å². The quantitative estimate of drug-likeness (QED) is 0.00889. The molecular formula is C45H56N10O14. The summed E-state index contributed by atoms with van der Waals surface area (Å²) in [4.78, 5) is 132. The first-order chi connectivity index (χ1) is 33.2. The van der Waals surface area contributed by atoms with Crippen molar-refractivity contribution in [3.63, 3.8) is 0 Å². The molecule has 8 amide bonds. The summed E-state index contributed by atoms with van der Waals surface area (Å²) in [5, 5.41) is 33.6. The van der Waals surface area contributed by atoms with E-state index >= 15 is 0 Å². The number of rotatable bonds is 27. The van der Waals surface area contributed by atoms with Crippen LogP contribution in [0.4, 0.5) is 4.79 Å². The Bertz CT molecular complexity index is 2120. The Hall–Kier alpha value is -7.61. The van der Waals surface area contributed by atoms with E-state index in [0.717, 1.165) is 19.6 Å². The molecule has 3 aromatic carbocycles. The van der Waals surface area contributed by atoms with Gasteiger partial charge in [0.2, 0.25) is 12.2 Å². The smallest absolute Gasteiger partial charge is 0.422 e. The van der Waals surface area contributed by atoms with Gasteiger partial charge in [-0.1, -0.05) is 91.0 Å². The number of ether oxygens (including phenoxy) is 2. The predicted molar refractivity (Wildman–Crippen MR) is 243 cm³/mol. The first-order valence-corrected chi connectivity index (χ1v) is 21.6. The molecule has 0 spiro atoms. The van der Waals surface area contributed by atoms with E-state index in [1.165, 1.54) is 22.9 Å². The summed E-state index contributed by atoms with van der Waals surface area (Å²) in [5.41, 5.74) is 0.521. The first-order valence-electron chi connectivity index (χ1n) is 21.6. The summed E-state index contributed by atoms with van der Waals surface area (Å²) in [6.45, 7) is 7.68. The SMILES string of the molecule is C[C@@H](OC(c1ccccc1)(c1ccccc1)c1ccccc1)C(NC(=O)C(=O)NC(=O)C(=O)NC(=O)C(=O)NC(=O)OC(=O)C=O)C(=O)NCCNCCNCCNCCNCCNCCC(=O)O. The van der Waals surface area contributed by atoms with Crippen LogP contribution in [0.25, 0.3) is 0 Å². The van der Waals surface area contributed by atoms with Gasteiger partial charge in [-0.15, -0.1) is 0 Å². The predicted octanol–water partition coefficient (Wildman–Crippen LogP) is -3.33. The molecule has 0 saturated carbocycles. The fourth-order valence-corrected chi connectivity index (χ4v) is 6.31. The van der Waals surface area contributed by atoms with Crippen molar-refractivity contribution in [3.8, 4) is 0 Å². The lowest BCUT2D eigenvalue weighted by atomic mass is 9.79. The van der Waals surface area contributed by atoms with Crippen LogP contribution in [0.2, 0.25) is 0 Å². The molecule has 24 heteroatoms. The first kappa shape index (κ1) is 55.7. The Morgan fingerprint density at radius 2 is 0.884 bits per heavy atom. The van der Waals surface area contributed by atoms with Crippen LogP contribution in [-0.4, -0.2) is 155 Å². The summed E-state index contributed by atoms with van der Waals surface area (Å²) < 4.78 is 10.7. The van der Waals surface area contributed by atoms with Crippen molar-refractivity contribution in [1.82, 2.24) is 53.2 Å². The van der Waals surface area contributed by atoms with Crippen LogP contribution in [0.5, 0.6) is 0 Å². The summed E-state index contributed by atoms with van der Waals surface area (Å²) in [6, 6.07) is 25.6. The van der Waals surface area contributed by atoms with Gasteiger partial charge in [-0.3, -0.25) is 59.1 Å². The summed E-state index contributed by atoms with van der Waals surface area (Å²) in [7, 11) is 0. The van der Waals surface area contributed by atoms with Gasteiger partial charge in [0.25, 0.3) is 0 Å². The highest BCUT2D eigenvalue weighted by Crippen LogP contribution is 2.41. The van der Waals surface area contributed by atoms with Crippen molar-refractivity contribution < 1.29 is 67.3 Å².